The van der Waals surface area contributed by atoms with Crippen molar-refractivity contribution in [1.82, 2.24) is 0 Å². The van der Waals surface area contributed by atoms with Gasteiger partial charge in [-0.1, -0.05) is 24.3 Å². The van der Waals surface area contributed by atoms with Crippen molar-refractivity contribution in [2.45, 2.75) is 27.2 Å². The van der Waals surface area contributed by atoms with Crippen molar-refractivity contribution in [2.75, 3.05) is 23.9 Å². The van der Waals surface area contributed by atoms with Gasteiger partial charge in [0.15, 0.2) is 0 Å². The second kappa shape index (κ2) is 8.33. The van der Waals surface area contributed by atoms with Gasteiger partial charge < -0.3 is 15.0 Å². The number of methoxy groups -OCH3 is 1. The van der Waals surface area contributed by atoms with E-state index in [1.54, 1.807) is 12.0 Å². The van der Waals surface area contributed by atoms with E-state index >= 15 is 0 Å². The van der Waals surface area contributed by atoms with Crippen molar-refractivity contribution >= 4 is 23.2 Å². The molecule has 25 heavy (non-hydrogen) atoms. The van der Waals surface area contributed by atoms with Gasteiger partial charge in [0.25, 0.3) is 0 Å². The monoisotopic (exact) mass is 340 g/mol. The Morgan fingerprint density at radius 2 is 1.84 bits per heavy atom. The topological polar surface area (TPSA) is 58.6 Å². The number of carbonyl (C=O) groups is 2. The third kappa shape index (κ3) is 4.83. The summed E-state index contributed by atoms with van der Waals surface area (Å²) in [6.07, 6.45) is 0.199. The molecule has 0 spiro atoms. The predicted octanol–water partition coefficient (Wildman–Crippen LogP) is 3.69. The molecule has 0 aliphatic carbocycles. The fourth-order valence-corrected chi connectivity index (χ4v) is 2.60. The van der Waals surface area contributed by atoms with E-state index in [1.807, 2.05) is 56.3 Å². The summed E-state index contributed by atoms with van der Waals surface area (Å²) in [5.74, 6) is 0.347. The zero-order valence-electron chi connectivity index (χ0n) is 15.1. The summed E-state index contributed by atoms with van der Waals surface area (Å²) < 4.78 is 5.36. The Labute approximate surface area is 148 Å². The molecule has 0 aromatic heterocycles. The minimum absolute atomic E-state index is 0.132. The van der Waals surface area contributed by atoms with Crippen LogP contribution in [0, 0.1) is 13.8 Å². The highest BCUT2D eigenvalue weighted by molar-refractivity contribution is 5.96. The van der Waals surface area contributed by atoms with E-state index in [-0.39, 0.29) is 24.8 Å². The molecule has 2 aromatic rings. The minimum Gasteiger partial charge on any atom is -0.495 e. The van der Waals surface area contributed by atoms with E-state index in [0.717, 1.165) is 16.8 Å². The molecule has 0 saturated heterocycles. The second-order valence-electron chi connectivity index (χ2n) is 5.96. The molecular weight excluding hydrogens is 316 g/mol. The normalized spacial score (nSPS) is 10.2. The molecule has 0 fully saturated rings. The molecule has 0 atom stereocenters. The fraction of sp³-hybridized carbons (Fsp3) is 0.300. The number of hydrogen-bond acceptors (Lipinski definition) is 3. The van der Waals surface area contributed by atoms with Crippen LogP contribution >= 0.6 is 0 Å². The first-order valence-electron chi connectivity index (χ1n) is 8.20. The van der Waals surface area contributed by atoms with Gasteiger partial charge in [-0.05, 0) is 43.2 Å². The summed E-state index contributed by atoms with van der Waals surface area (Å²) in [5.41, 5.74) is 3.49. The van der Waals surface area contributed by atoms with Crippen LogP contribution in [0.2, 0.25) is 0 Å². The van der Waals surface area contributed by atoms with Gasteiger partial charge in [-0.3, -0.25) is 9.59 Å². The highest BCUT2D eigenvalue weighted by Gasteiger charge is 2.18. The number of nitrogens with one attached hydrogen (secondary N) is 1. The highest BCUT2D eigenvalue weighted by atomic mass is 16.5. The Balaban J connectivity index is 2.10. The summed E-state index contributed by atoms with van der Waals surface area (Å²) in [7, 11) is 1.57. The zero-order valence-corrected chi connectivity index (χ0v) is 15.1. The van der Waals surface area contributed by atoms with Crippen molar-refractivity contribution in [3.63, 3.8) is 0 Å². The third-order valence-electron chi connectivity index (χ3n) is 3.99. The van der Waals surface area contributed by atoms with Crippen molar-refractivity contribution in [3.05, 3.63) is 53.6 Å². The number of rotatable bonds is 6. The van der Waals surface area contributed by atoms with Crippen molar-refractivity contribution in [3.8, 4) is 5.75 Å². The third-order valence-corrected chi connectivity index (χ3v) is 3.99. The van der Waals surface area contributed by atoms with Crippen LogP contribution in [-0.4, -0.2) is 25.5 Å². The van der Waals surface area contributed by atoms with E-state index in [4.69, 9.17) is 4.74 Å². The van der Waals surface area contributed by atoms with Crippen LogP contribution in [-0.2, 0) is 9.59 Å². The number of hydrogen-bond donors (Lipinski definition) is 1. The van der Waals surface area contributed by atoms with Gasteiger partial charge >= 0.3 is 0 Å². The molecule has 0 unspecified atom stereocenters. The van der Waals surface area contributed by atoms with Crippen LogP contribution in [0.15, 0.2) is 42.5 Å². The smallest absolute Gasteiger partial charge is 0.226 e. The van der Waals surface area contributed by atoms with E-state index in [1.165, 1.54) is 6.92 Å². The molecule has 0 radical (unpaired) electrons. The second-order valence-corrected chi connectivity index (χ2v) is 5.96. The van der Waals surface area contributed by atoms with Crippen LogP contribution in [0.3, 0.4) is 0 Å². The molecule has 2 amide bonds. The maximum atomic E-state index is 12.3. The van der Waals surface area contributed by atoms with E-state index in [2.05, 4.69) is 5.32 Å². The maximum Gasteiger partial charge on any atom is 0.226 e. The molecule has 0 bridgehead atoms. The van der Waals surface area contributed by atoms with Crippen molar-refractivity contribution in [2.24, 2.45) is 0 Å². The highest BCUT2D eigenvalue weighted by Crippen LogP contribution is 2.29. The van der Waals surface area contributed by atoms with Gasteiger partial charge in [-0.15, -0.1) is 0 Å². The van der Waals surface area contributed by atoms with Crippen LogP contribution in [0.5, 0.6) is 5.75 Å². The molecule has 2 rings (SSSR count). The predicted molar refractivity (Wildman–Crippen MR) is 100 cm³/mol. The minimum atomic E-state index is -0.132. The van der Waals surface area contributed by atoms with Gasteiger partial charge in [0.1, 0.15) is 5.75 Å². The Hall–Kier alpha value is -2.82. The van der Waals surface area contributed by atoms with Crippen LogP contribution in [0.4, 0.5) is 11.4 Å². The lowest BCUT2D eigenvalue weighted by atomic mass is 10.1. The van der Waals surface area contributed by atoms with Crippen LogP contribution < -0.4 is 15.0 Å². The summed E-state index contributed by atoms with van der Waals surface area (Å²) in [6.45, 7) is 5.66. The fourth-order valence-electron chi connectivity index (χ4n) is 2.60. The lowest BCUT2D eigenvalue weighted by Crippen LogP contribution is -2.32. The lowest BCUT2D eigenvalue weighted by molar-refractivity contribution is -0.117. The van der Waals surface area contributed by atoms with E-state index < -0.39 is 0 Å². The molecule has 2 aromatic carbocycles. The molecule has 1 N–H and O–H groups in total. The summed E-state index contributed by atoms with van der Waals surface area (Å²) >= 11 is 0. The average Bonchev–Trinajstić information content (AvgIpc) is 2.57. The number of amides is 2. The Kier molecular flexibility index (Phi) is 6.17. The molecule has 132 valence electrons. The van der Waals surface area contributed by atoms with E-state index in [9.17, 15) is 9.59 Å². The van der Waals surface area contributed by atoms with Crippen LogP contribution in [0.1, 0.15) is 24.5 Å². The zero-order chi connectivity index (χ0) is 18.4. The molecule has 0 saturated carbocycles. The van der Waals surface area contributed by atoms with Gasteiger partial charge in [0.05, 0.1) is 12.8 Å². The first-order chi connectivity index (χ1) is 11.9. The summed E-state index contributed by atoms with van der Waals surface area (Å²) in [6, 6.07) is 13.2. The Morgan fingerprint density at radius 1 is 1.12 bits per heavy atom. The van der Waals surface area contributed by atoms with Gasteiger partial charge in [-0.2, -0.15) is 0 Å². The first kappa shape index (κ1) is 18.5. The summed E-state index contributed by atoms with van der Waals surface area (Å²) in [4.78, 5) is 25.9. The quantitative estimate of drug-likeness (QED) is 0.872. The molecular formula is C20H24N2O3. The molecule has 0 aliphatic rings. The molecule has 5 heteroatoms. The first-order valence-corrected chi connectivity index (χ1v) is 8.20. The van der Waals surface area contributed by atoms with Gasteiger partial charge in [0, 0.05) is 25.6 Å². The summed E-state index contributed by atoms with van der Waals surface area (Å²) in [5, 5.41) is 2.89. The Morgan fingerprint density at radius 3 is 2.48 bits per heavy atom. The average molecular weight is 340 g/mol. The maximum absolute atomic E-state index is 12.3. The number of aryl methyl sites for hydroxylation is 2. The van der Waals surface area contributed by atoms with Crippen molar-refractivity contribution in [1.29, 1.82) is 0 Å². The number of ether oxygens (including phenoxy) is 1. The number of anilines is 2. The molecule has 0 aliphatic heterocycles. The number of para-hydroxylation sites is 1. The number of carbonyl (C=O) groups excluding carboxylic acids is 2. The number of nitrogens with zero attached hydrogens (tertiary/aromatic N) is 1. The molecule has 0 heterocycles. The number of benzene rings is 2. The Bertz CT molecular complexity index is 771. The van der Waals surface area contributed by atoms with Crippen molar-refractivity contribution < 1.29 is 14.3 Å². The lowest BCUT2D eigenvalue weighted by Gasteiger charge is -2.23. The van der Waals surface area contributed by atoms with Gasteiger partial charge in [-0.25, -0.2) is 0 Å². The van der Waals surface area contributed by atoms with E-state index in [0.29, 0.717) is 11.4 Å². The van der Waals surface area contributed by atoms with Crippen LogP contribution in [0.25, 0.3) is 0 Å². The standard InChI is InChI=1S/C20H24N2O3/c1-14-9-10-19(25-4)18(13-14)22(16(3)23)12-11-20(24)21-17-8-6-5-7-15(17)2/h5-10,13H,11-12H2,1-4H3,(H,21,24). The largest absolute Gasteiger partial charge is 0.495 e. The van der Waals surface area contributed by atoms with Gasteiger partial charge in [0.2, 0.25) is 11.8 Å². The molecule has 5 nitrogen and oxygen atoms in total. The SMILES string of the molecule is COc1ccc(C)cc1N(CCC(=O)Nc1ccccc1C)C(C)=O.